The number of rotatable bonds is 0. The number of carbonyl (C=O) groups is 1. The second-order valence-electron chi connectivity index (χ2n) is 6.01. The van der Waals surface area contributed by atoms with Crippen molar-refractivity contribution in [2.24, 2.45) is 0 Å². The number of benzene rings is 1. The zero-order chi connectivity index (χ0) is 13.8. The first-order chi connectivity index (χ1) is 8.18. The molecule has 1 unspecified atom stereocenters. The monoisotopic (exact) mass is 263 g/mol. The van der Waals surface area contributed by atoms with Gasteiger partial charge in [-0.3, -0.25) is 4.79 Å². The first-order valence-corrected chi connectivity index (χ1v) is 6.88. The van der Waals surface area contributed by atoms with Gasteiger partial charge in [0.1, 0.15) is 0 Å². The maximum atomic E-state index is 12.4. The standard InChI is InChI=1S/C15H22NOP/c1-8-9(2)11(4)14-13(10(8)3)12(17)7-15(5,6)16(14)18/h7,18H2,1-6H3. The highest BCUT2D eigenvalue weighted by molar-refractivity contribution is 7.19. The number of fused-ring (bicyclic) bond motifs is 1. The predicted molar refractivity (Wildman–Crippen MR) is 80.6 cm³/mol. The van der Waals surface area contributed by atoms with Crippen molar-refractivity contribution in [3.63, 3.8) is 0 Å². The number of ketones is 1. The zero-order valence-corrected chi connectivity index (χ0v) is 13.3. The van der Waals surface area contributed by atoms with Gasteiger partial charge in [0.25, 0.3) is 0 Å². The Morgan fingerprint density at radius 1 is 1.00 bits per heavy atom. The van der Waals surface area contributed by atoms with E-state index in [1.165, 1.54) is 16.7 Å². The van der Waals surface area contributed by atoms with E-state index in [4.69, 9.17) is 0 Å². The van der Waals surface area contributed by atoms with E-state index < -0.39 is 0 Å². The van der Waals surface area contributed by atoms with Crippen LogP contribution in [0, 0.1) is 27.7 Å². The Bertz CT molecular complexity index is 546. The van der Waals surface area contributed by atoms with Gasteiger partial charge < -0.3 is 4.67 Å². The van der Waals surface area contributed by atoms with Crippen LogP contribution >= 0.6 is 9.39 Å². The van der Waals surface area contributed by atoms with Crippen LogP contribution in [0.15, 0.2) is 0 Å². The minimum absolute atomic E-state index is 0.131. The largest absolute Gasteiger partial charge is 0.349 e. The number of anilines is 1. The normalized spacial score (nSPS) is 17.9. The molecule has 18 heavy (non-hydrogen) atoms. The molecule has 1 aliphatic rings. The SMILES string of the molecule is Cc1c(C)c(C)c2c(c1C)C(=O)CC(C)(C)N2P. The lowest BCUT2D eigenvalue weighted by Gasteiger charge is -2.43. The third-order valence-electron chi connectivity index (χ3n) is 4.42. The van der Waals surface area contributed by atoms with Crippen LogP contribution in [0.2, 0.25) is 0 Å². The molecule has 0 spiro atoms. The molecule has 0 aromatic heterocycles. The van der Waals surface area contributed by atoms with E-state index in [1.54, 1.807) is 0 Å². The lowest BCUT2D eigenvalue weighted by Crippen LogP contribution is -2.44. The fourth-order valence-corrected chi connectivity index (χ4v) is 3.22. The maximum Gasteiger partial charge on any atom is 0.167 e. The molecule has 1 aromatic carbocycles. The predicted octanol–water partition coefficient (Wildman–Crippen LogP) is 3.88. The Kier molecular flexibility index (Phi) is 3.06. The average Bonchev–Trinajstić information content (AvgIpc) is 2.27. The van der Waals surface area contributed by atoms with Gasteiger partial charge in [0, 0.05) is 17.5 Å². The van der Waals surface area contributed by atoms with Crippen molar-refractivity contribution in [3.05, 3.63) is 27.8 Å². The molecule has 2 nitrogen and oxygen atoms in total. The molecule has 0 radical (unpaired) electrons. The Morgan fingerprint density at radius 2 is 1.50 bits per heavy atom. The van der Waals surface area contributed by atoms with E-state index >= 15 is 0 Å². The van der Waals surface area contributed by atoms with Crippen LogP contribution in [-0.4, -0.2) is 11.3 Å². The van der Waals surface area contributed by atoms with Gasteiger partial charge in [-0.15, -0.1) is 0 Å². The molecule has 0 saturated heterocycles. The summed E-state index contributed by atoms with van der Waals surface area (Å²) in [6, 6.07) is 0. The Morgan fingerprint density at radius 3 is 2.06 bits per heavy atom. The Hall–Kier alpha value is -0.880. The van der Waals surface area contributed by atoms with E-state index in [0.29, 0.717) is 6.42 Å². The fourth-order valence-electron chi connectivity index (χ4n) is 2.80. The molecular weight excluding hydrogens is 241 g/mol. The molecule has 0 amide bonds. The van der Waals surface area contributed by atoms with Crippen LogP contribution < -0.4 is 4.67 Å². The number of hydrogen-bond acceptors (Lipinski definition) is 2. The third kappa shape index (κ3) is 1.70. The quantitative estimate of drug-likeness (QED) is 0.662. The summed E-state index contributed by atoms with van der Waals surface area (Å²) in [5, 5.41) is 0. The van der Waals surface area contributed by atoms with Crippen LogP contribution in [0.25, 0.3) is 0 Å². The molecule has 2 rings (SSSR count). The fraction of sp³-hybridized carbons (Fsp3) is 0.533. The first kappa shape index (κ1) is 13.5. The number of hydrogen-bond donors (Lipinski definition) is 0. The molecule has 0 aliphatic carbocycles. The third-order valence-corrected chi connectivity index (χ3v) is 5.38. The van der Waals surface area contributed by atoms with Gasteiger partial charge in [0.15, 0.2) is 5.78 Å². The van der Waals surface area contributed by atoms with E-state index in [2.05, 4.69) is 55.6 Å². The van der Waals surface area contributed by atoms with Gasteiger partial charge in [0.2, 0.25) is 0 Å². The highest BCUT2D eigenvalue weighted by Crippen LogP contribution is 2.44. The molecular formula is C15H22NOP. The molecule has 98 valence electrons. The number of Topliss-reactive ketones (excluding diaryl/α,β-unsaturated/α-hetero) is 1. The van der Waals surface area contributed by atoms with Crippen molar-refractivity contribution in [2.75, 3.05) is 4.67 Å². The first-order valence-electron chi connectivity index (χ1n) is 6.37. The summed E-state index contributed by atoms with van der Waals surface area (Å²) in [5.74, 6) is 0.275. The van der Waals surface area contributed by atoms with Crippen molar-refractivity contribution in [2.45, 2.75) is 53.5 Å². The molecule has 1 atom stereocenters. The average molecular weight is 263 g/mol. The molecule has 1 aromatic rings. The summed E-state index contributed by atoms with van der Waals surface area (Å²) in [6.45, 7) is 12.7. The topological polar surface area (TPSA) is 20.3 Å². The van der Waals surface area contributed by atoms with Crippen LogP contribution in [0.1, 0.15) is 52.9 Å². The summed E-state index contributed by atoms with van der Waals surface area (Å²) in [6.07, 6.45) is 0.576. The molecule has 0 fully saturated rings. The number of carbonyl (C=O) groups excluding carboxylic acids is 1. The number of nitrogens with zero attached hydrogens (tertiary/aromatic N) is 1. The van der Waals surface area contributed by atoms with Gasteiger partial charge in [0.05, 0.1) is 5.69 Å². The maximum absolute atomic E-state index is 12.4. The minimum Gasteiger partial charge on any atom is -0.349 e. The van der Waals surface area contributed by atoms with E-state index in [9.17, 15) is 4.79 Å². The van der Waals surface area contributed by atoms with Crippen molar-refractivity contribution in [1.82, 2.24) is 0 Å². The highest BCUT2D eigenvalue weighted by atomic mass is 31.0. The van der Waals surface area contributed by atoms with E-state index in [0.717, 1.165) is 16.8 Å². The zero-order valence-electron chi connectivity index (χ0n) is 12.1. The van der Waals surface area contributed by atoms with Crippen LogP contribution in [0.4, 0.5) is 5.69 Å². The van der Waals surface area contributed by atoms with Crippen LogP contribution in [0.3, 0.4) is 0 Å². The summed E-state index contributed by atoms with van der Waals surface area (Å²) in [4.78, 5) is 12.4. The molecule has 0 bridgehead atoms. The van der Waals surface area contributed by atoms with Gasteiger partial charge in [-0.1, -0.05) is 0 Å². The summed E-state index contributed by atoms with van der Waals surface area (Å²) in [7, 11) is 2.80. The molecule has 3 heteroatoms. The van der Waals surface area contributed by atoms with Crippen LogP contribution in [-0.2, 0) is 0 Å². The van der Waals surface area contributed by atoms with Crippen LogP contribution in [0.5, 0.6) is 0 Å². The second kappa shape index (κ2) is 4.06. The smallest absolute Gasteiger partial charge is 0.167 e. The van der Waals surface area contributed by atoms with Crippen molar-refractivity contribution < 1.29 is 4.79 Å². The molecule has 1 heterocycles. The lowest BCUT2D eigenvalue weighted by atomic mass is 9.82. The van der Waals surface area contributed by atoms with Crippen molar-refractivity contribution in [3.8, 4) is 0 Å². The van der Waals surface area contributed by atoms with Gasteiger partial charge in [-0.25, -0.2) is 0 Å². The van der Waals surface area contributed by atoms with E-state index in [1.807, 2.05) is 0 Å². The Labute approximate surface area is 112 Å². The van der Waals surface area contributed by atoms with Crippen molar-refractivity contribution >= 4 is 20.9 Å². The Balaban J connectivity index is 2.85. The molecule has 1 aliphatic heterocycles. The summed E-state index contributed by atoms with van der Waals surface area (Å²) in [5.41, 5.74) is 6.80. The molecule has 0 N–H and O–H groups in total. The summed E-state index contributed by atoms with van der Waals surface area (Å²) < 4.78 is 2.19. The molecule has 0 saturated carbocycles. The lowest BCUT2D eigenvalue weighted by molar-refractivity contribution is 0.0953. The van der Waals surface area contributed by atoms with Crippen molar-refractivity contribution in [1.29, 1.82) is 0 Å². The van der Waals surface area contributed by atoms with Gasteiger partial charge >= 0.3 is 0 Å². The summed E-state index contributed by atoms with van der Waals surface area (Å²) >= 11 is 0. The van der Waals surface area contributed by atoms with E-state index in [-0.39, 0.29) is 11.3 Å². The highest BCUT2D eigenvalue weighted by Gasteiger charge is 2.37. The van der Waals surface area contributed by atoms with Gasteiger partial charge in [-0.2, -0.15) is 0 Å². The minimum atomic E-state index is -0.131. The van der Waals surface area contributed by atoms with Gasteiger partial charge in [-0.05, 0) is 73.2 Å². The second-order valence-corrected chi connectivity index (χ2v) is 6.52.